The van der Waals surface area contributed by atoms with E-state index < -0.39 is 0 Å². The summed E-state index contributed by atoms with van der Waals surface area (Å²) in [7, 11) is 4.03. The summed E-state index contributed by atoms with van der Waals surface area (Å²) in [5.74, 6) is 0. The van der Waals surface area contributed by atoms with E-state index in [9.17, 15) is 0 Å². The molecule has 0 aliphatic heterocycles. The van der Waals surface area contributed by atoms with Gasteiger partial charge in [-0.25, -0.2) is 0 Å². The quantitative estimate of drug-likeness (QED) is 0.882. The van der Waals surface area contributed by atoms with E-state index in [2.05, 4.69) is 40.2 Å². The zero-order chi connectivity index (χ0) is 12.3. The van der Waals surface area contributed by atoms with E-state index >= 15 is 0 Å². The van der Waals surface area contributed by atoms with Gasteiger partial charge in [-0.15, -0.1) is 0 Å². The molecular weight excluding hydrogens is 230 g/mol. The highest BCUT2D eigenvalue weighted by molar-refractivity contribution is 7.07. The average Bonchev–Trinajstić information content (AvgIpc) is 2.95. The lowest BCUT2D eigenvalue weighted by atomic mass is 10.1. The number of rotatable bonds is 5. The largest absolute Gasteiger partial charge is 0.311 e. The summed E-state index contributed by atoms with van der Waals surface area (Å²) in [6.45, 7) is 2.14. The maximum atomic E-state index is 4.51. The number of likely N-dealkylation sites (N-methyl/N-ethyl adjacent to an activating group) is 1. The smallest absolute Gasteiger partial charge is 0.0625 e. The van der Waals surface area contributed by atoms with E-state index in [4.69, 9.17) is 0 Å². The third-order valence-corrected chi connectivity index (χ3v) is 3.79. The van der Waals surface area contributed by atoms with E-state index in [1.165, 1.54) is 11.3 Å². The Hall–Kier alpha value is -1.13. The second-order valence-electron chi connectivity index (χ2n) is 4.21. The van der Waals surface area contributed by atoms with Crippen molar-refractivity contribution in [3.8, 4) is 0 Å². The lowest BCUT2D eigenvalue weighted by Crippen LogP contribution is -2.21. The first kappa shape index (κ1) is 12.3. The maximum absolute atomic E-state index is 4.51. The van der Waals surface area contributed by atoms with Crippen LogP contribution >= 0.6 is 11.3 Å². The predicted molar refractivity (Wildman–Crippen MR) is 72.4 cm³/mol. The topological polar surface area (TPSA) is 29.9 Å². The Kier molecular flexibility index (Phi) is 3.97. The molecule has 17 heavy (non-hydrogen) atoms. The first-order chi connectivity index (χ1) is 8.24. The first-order valence-electron chi connectivity index (χ1n) is 5.95. The molecule has 4 heteroatoms. The lowest BCUT2D eigenvalue weighted by molar-refractivity contribution is 0.537. The third-order valence-electron chi connectivity index (χ3n) is 3.05. The van der Waals surface area contributed by atoms with Gasteiger partial charge in [-0.3, -0.25) is 4.68 Å². The van der Waals surface area contributed by atoms with Gasteiger partial charge in [-0.05, 0) is 48.3 Å². The lowest BCUT2D eigenvalue weighted by Gasteiger charge is -2.15. The van der Waals surface area contributed by atoms with Gasteiger partial charge in [0.15, 0.2) is 0 Å². The van der Waals surface area contributed by atoms with Crippen molar-refractivity contribution in [2.45, 2.75) is 25.8 Å². The number of nitrogens with one attached hydrogen (secondary N) is 1. The van der Waals surface area contributed by atoms with Gasteiger partial charge in [0.1, 0.15) is 0 Å². The molecule has 2 aromatic heterocycles. The first-order valence-corrected chi connectivity index (χ1v) is 6.90. The molecule has 0 amide bonds. The highest BCUT2D eigenvalue weighted by Gasteiger charge is 2.15. The van der Waals surface area contributed by atoms with Gasteiger partial charge in [-0.1, -0.05) is 6.92 Å². The fraction of sp³-hybridized carbons (Fsp3) is 0.462. The normalized spacial score (nSPS) is 12.9. The molecule has 0 aliphatic carbocycles. The van der Waals surface area contributed by atoms with Gasteiger partial charge in [0.05, 0.1) is 17.4 Å². The number of aromatic nitrogens is 2. The molecule has 0 fully saturated rings. The van der Waals surface area contributed by atoms with E-state index in [1.807, 2.05) is 18.8 Å². The molecule has 2 aromatic rings. The van der Waals surface area contributed by atoms with Crippen LogP contribution in [0.4, 0.5) is 0 Å². The van der Waals surface area contributed by atoms with Crippen LogP contribution < -0.4 is 5.32 Å². The van der Waals surface area contributed by atoms with Crippen molar-refractivity contribution < 1.29 is 0 Å². The fourth-order valence-electron chi connectivity index (χ4n) is 2.04. The molecule has 0 radical (unpaired) electrons. The van der Waals surface area contributed by atoms with Crippen LogP contribution in [0.15, 0.2) is 22.9 Å². The summed E-state index contributed by atoms with van der Waals surface area (Å²) >= 11 is 1.75. The van der Waals surface area contributed by atoms with Gasteiger partial charge in [-0.2, -0.15) is 16.4 Å². The highest BCUT2D eigenvalue weighted by atomic mass is 32.1. The molecule has 3 nitrogen and oxygen atoms in total. The van der Waals surface area contributed by atoms with Crippen molar-refractivity contribution >= 4 is 11.3 Å². The zero-order valence-electron chi connectivity index (χ0n) is 10.6. The van der Waals surface area contributed by atoms with Crippen LogP contribution in [0, 0.1) is 0 Å². The van der Waals surface area contributed by atoms with E-state index in [0.717, 1.165) is 18.5 Å². The molecule has 0 aromatic carbocycles. The number of aryl methyl sites for hydroxylation is 2. The molecule has 1 unspecified atom stereocenters. The molecule has 2 heterocycles. The summed E-state index contributed by atoms with van der Waals surface area (Å²) in [4.78, 5) is 0. The second kappa shape index (κ2) is 5.47. The van der Waals surface area contributed by atoms with E-state index in [0.29, 0.717) is 6.04 Å². The molecule has 0 bridgehead atoms. The summed E-state index contributed by atoms with van der Waals surface area (Å²) in [5.41, 5.74) is 3.80. The van der Waals surface area contributed by atoms with Crippen LogP contribution in [-0.4, -0.2) is 16.8 Å². The second-order valence-corrected chi connectivity index (χ2v) is 4.99. The molecule has 1 N–H and O–H groups in total. The van der Waals surface area contributed by atoms with E-state index in [1.54, 1.807) is 11.3 Å². The molecule has 0 saturated carbocycles. The maximum Gasteiger partial charge on any atom is 0.0625 e. The average molecular weight is 249 g/mol. The van der Waals surface area contributed by atoms with Crippen LogP contribution in [0.5, 0.6) is 0 Å². The van der Waals surface area contributed by atoms with E-state index in [-0.39, 0.29) is 0 Å². The van der Waals surface area contributed by atoms with Gasteiger partial charge < -0.3 is 5.32 Å². The molecule has 0 spiro atoms. The Morgan fingerprint density at radius 1 is 1.53 bits per heavy atom. The number of hydrogen-bond acceptors (Lipinski definition) is 3. The van der Waals surface area contributed by atoms with Gasteiger partial charge >= 0.3 is 0 Å². The fourth-order valence-corrected chi connectivity index (χ4v) is 2.72. The Bertz CT molecular complexity index is 459. The number of thiophene rings is 1. The van der Waals surface area contributed by atoms with Crippen LogP contribution in [0.25, 0.3) is 0 Å². The van der Waals surface area contributed by atoms with Crippen molar-refractivity contribution in [3.05, 3.63) is 39.8 Å². The Morgan fingerprint density at radius 2 is 2.35 bits per heavy atom. The van der Waals surface area contributed by atoms with Crippen molar-refractivity contribution in [1.82, 2.24) is 15.1 Å². The standard InChI is InChI=1S/C13H19N3S/c1-4-11-8-13(16(3)15-11)12(14-2)7-10-5-6-17-9-10/h5-6,8-9,12,14H,4,7H2,1-3H3. The third kappa shape index (κ3) is 2.76. The molecular formula is C13H19N3S. The molecule has 0 saturated heterocycles. The highest BCUT2D eigenvalue weighted by Crippen LogP contribution is 2.20. The van der Waals surface area contributed by atoms with Gasteiger partial charge in [0, 0.05) is 7.05 Å². The SMILES string of the molecule is CCc1cc(C(Cc2ccsc2)NC)n(C)n1. The zero-order valence-corrected chi connectivity index (χ0v) is 11.4. The molecule has 0 aliphatic rings. The minimum Gasteiger partial charge on any atom is -0.311 e. The van der Waals surface area contributed by atoms with Crippen LogP contribution in [0.3, 0.4) is 0 Å². The molecule has 1 atom stereocenters. The van der Waals surface area contributed by atoms with Crippen LogP contribution in [-0.2, 0) is 19.9 Å². The predicted octanol–water partition coefficient (Wildman–Crippen LogP) is 2.55. The molecule has 92 valence electrons. The monoisotopic (exact) mass is 249 g/mol. The van der Waals surface area contributed by atoms with Crippen molar-refractivity contribution in [3.63, 3.8) is 0 Å². The van der Waals surface area contributed by atoms with Crippen molar-refractivity contribution in [2.75, 3.05) is 7.05 Å². The Morgan fingerprint density at radius 3 is 2.88 bits per heavy atom. The van der Waals surface area contributed by atoms with Crippen molar-refractivity contribution in [1.29, 1.82) is 0 Å². The summed E-state index contributed by atoms with van der Waals surface area (Å²) in [6.07, 6.45) is 2.01. The number of hydrogen-bond donors (Lipinski definition) is 1. The minimum atomic E-state index is 0.336. The summed E-state index contributed by atoms with van der Waals surface area (Å²) in [6, 6.07) is 4.72. The van der Waals surface area contributed by atoms with Gasteiger partial charge in [0.2, 0.25) is 0 Å². The summed E-state index contributed by atoms with van der Waals surface area (Å²) < 4.78 is 1.99. The van der Waals surface area contributed by atoms with Crippen LogP contribution in [0.2, 0.25) is 0 Å². The number of nitrogens with zero attached hydrogens (tertiary/aromatic N) is 2. The van der Waals surface area contributed by atoms with Crippen molar-refractivity contribution in [2.24, 2.45) is 7.05 Å². The Labute approximate surface area is 106 Å². The minimum absolute atomic E-state index is 0.336. The van der Waals surface area contributed by atoms with Crippen LogP contribution in [0.1, 0.15) is 29.9 Å². The van der Waals surface area contributed by atoms with Gasteiger partial charge in [0.25, 0.3) is 0 Å². The summed E-state index contributed by atoms with van der Waals surface area (Å²) in [5, 5.41) is 12.2. The Balaban J connectivity index is 2.19. The molecule has 2 rings (SSSR count).